The number of hydrogen-bond acceptors (Lipinski definition) is 3. The Hall–Kier alpha value is -3.93. The monoisotopic (exact) mass is 415 g/mol. The van der Waals surface area contributed by atoms with Crippen LogP contribution in [-0.4, -0.2) is 17.9 Å². The molecule has 0 spiro atoms. The molecule has 4 rings (SSSR count). The summed E-state index contributed by atoms with van der Waals surface area (Å²) in [5.41, 5.74) is 8.49. The zero-order valence-electron chi connectivity index (χ0n) is 16.8. The molecule has 3 aromatic carbocycles. The number of carbonyl (C=O) groups is 2. The fourth-order valence-corrected chi connectivity index (χ4v) is 3.14. The largest absolute Gasteiger partial charge is 0.397 e. The molecule has 1 fully saturated rings. The van der Waals surface area contributed by atoms with Crippen LogP contribution in [0.5, 0.6) is 0 Å². The molecule has 0 radical (unpaired) electrons. The fraction of sp³-hybridized carbons (Fsp3) is 0.120. The number of rotatable bonds is 6. The Labute approximate surface area is 179 Å². The third kappa shape index (κ3) is 4.98. The number of para-hydroxylation sites is 2. The van der Waals surface area contributed by atoms with Gasteiger partial charge in [0.05, 0.1) is 16.9 Å². The van der Waals surface area contributed by atoms with Crippen LogP contribution in [0.2, 0.25) is 0 Å². The summed E-state index contributed by atoms with van der Waals surface area (Å²) < 4.78 is 14.4. The molecule has 3 aromatic rings. The number of benzene rings is 3. The minimum atomic E-state index is -0.462. The van der Waals surface area contributed by atoms with Crippen molar-refractivity contribution in [3.8, 4) is 0 Å². The van der Waals surface area contributed by atoms with Gasteiger partial charge in [0.2, 0.25) is 0 Å². The lowest BCUT2D eigenvalue weighted by Gasteiger charge is -2.11. The summed E-state index contributed by atoms with van der Waals surface area (Å²) in [7, 11) is 0. The lowest BCUT2D eigenvalue weighted by atomic mass is 10.0. The summed E-state index contributed by atoms with van der Waals surface area (Å²) in [4.78, 5) is 25.2. The second-order valence-electron chi connectivity index (χ2n) is 7.45. The molecule has 1 aliphatic rings. The minimum absolute atomic E-state index is 0.152. The van der Waals surface area contributed by atoms with E-state index < -0.39 is 5.82 Å². The van der Waals surface area contributed by atoms with Crippen molar-refractivity contribution in [2.24, 2.45) is 0 Å². The van der Waals surface area contributed by atoms with Crippen molar-refractivity contribution in [1.82, 2.24) is 5.32 Å². The maximum atomic E-state index is 14.4. The maximum absolute atomic E-state index is 14.4. The average molecular weight is 415 g/mol. The molecule has 0 aromatic heterocycles. The number of nitrogens with two attached hydrogens (primary N) is 1. The Morgan fingerprint density at radius 2 is 1.61 bits per heavy atom. The number of halogens is 1. The number of anilines is 2. The van der Waals surface area contributed by atoms with Crippen molar-refractivity contribution < 1.29 is 14.0 Å². The third-order valence-electron chi connectivity index (χ3n) is 5.01. The van der Waals surface area contributed by atoms with Crippen LogP contribution >= 0.6 is 0 Å². The van der Waals surface area contributed by atoms with Crippen LogP contribution in [0.4, 0.5) is 15.8 Å². The van der Waals surface area contributed by atoms with Gasteiger partial charge in [0.1, 0.15) is 5.82 Å². The average Bonchev–Trinajstić information content (AvgIpc) is 3.58. The van der Waals surface area contributed by atoms with E-state index in [0.29, 0.717) is 22.5 Å². The first-order chi connectivity index (χ1) is 15.0. The van der Waals surface area contributed by atoms with Gasteiger partial charge >= 0.3 is 0 Å². The fourth-order valence-electron chi connectivity index (χ4n) is 3.14. The van der Waals surface area contributed by atoms with E-state index in [9.17, 15) is 14.0 Å². The molecule has 0 atom stereocenters. The van der Waals surface area contributed by atoms with Crippen molar-refractivity contribution in [1.29, 1.82) is 0 Å². The molecule has 2 amide bonds. The quantitative estimate of drug-likeness (QED) is 0.315. The SMILES string of the molecule is Nc1ccccc1NC(=O)c1ccc(/C=C(/C(=O)NC2CC2)c2ccccc2F)cc1. The minimum Gasteiger partial charge on any atom is -0.397 e. The molecule has 0 aliphatic heterocycles. The van der Waals surface area contributed by atoms with E-state index in [1.54, 1.807) is 72.8 Å². The van der Waals surface area contributed by atoms with E-state index in [2.05, 4.69) is 10.6 Å². The molecular weight excluding hydrogens is 393 g/mol. The Morgan fingerprint density at radius 1 is 0.935 bits per heavy atom. The Morgan fingerprint density at radius 3 is 2.29 bits per heavy atom. The van der Waals surface area contributed by atoms with Crippen LogP contribution < -0.4 is 16.4 Å². The highest BCUT2D eigenvalue weighted by Gasteiger charge is 2.26. The molecule has 5 nitrogen and oxygen atoms in total. The molecule has 0 heterocycles. The molecule has 0 saturated heterocycles. The molecule has 6 heteroatoms. The lowest BCUT2D eigenvalue weighted by molar-refractivity contribution is -0.115. The predicted octanol–water partition coefficient (Wildman–Crippen LogP) is 4.48. The van der Waals surface area contributed by atoms with Gasteiger partial charge in [0, 0.05) is 17.2 Å². The molecule has 156 valence electrons. The molecule has 0 unspecified atom stereocenters. The van der Waals surface area contributed by atoms with Gasteiger partial charge in [-0.15, -0.1) is 0 Å². The van der Waals surface area contributed by atoms with Crippen LogP contribution in [0.25, 0.3) is 11.6 Å². The van der Waals surface area contributed by atoms with E-state index in [-0.39, 0.29) is 29.0 Å². The van der Waals surface area contributed by atoms with E-state index in [1.807, 2.05) is 0 Å². The number of hydrogen-bond donors (Lipinski definition) is 3. The Kier molecular flexibility index (Phi) is 5.80. The summed E-state index contributed by atoms with van der Waals surface area (Å²) in [6.45, 7) is 0. The van der Waals surface area contributed by atoms with Gasteiger partial charge in [-0.1, -0.05) is 42.5 Å². The van der Waals surface area contributed by atoms with Gasteiger partial charge in [-0.2, -0.15) is 0 Å². The van der Waals surface area contributed by atoms with Gasteiger partial charge in [0.25, 0.3) is 11.8 Å². The van der Waals surface area contributed by atoms with Gasteiger partial charge in [0.15, 0.2) is 0 Å². The highest BCUT2D eigenvalue weighted by Crippen LogP contribution is 2.25. The van der Waals surface area contributed by atoms with Crippen molar-refractivity contribution in [3.63, 3.8) is 0 Å². The molecule has 4 N–H and O–H groups in total. The third-order valence-corrected chi connectivity index (χ3v) is 5.01. The second-order valence-corrected chi connectivity index (χ2v) is 7.45. The second kappa shape index (κ2) is 8.83. The van der Waals surface area contributed by atoms with Crippen molar-refractivity contribution in [3.05, 3.63) is 95.3 Å². The number of nitrogen functional groups attached to an aromatic ring is 1. The molecule has 0 bridgehead atoms. The van der Waals surface area contributed by atoms with Gasteiger partial charge in [-0.05, 0) is 54.8 Å². The smallest absolute Gasteiger partial charge is 0.255 e. The molecule has 1 saturated carbocycles. The highest BCUT2D eigenvalue weighted by molar-refractivity contribution is 6.24. The number of amides is 2. The summed E-state index contributed by atoms with van der Waals surface area (Å²) in [6, 6.07) is 20.1. The first-order valence-electron chi connectivity index (χ1n) is 10.0. The topological polar surface area (TPSA) is 84.2 Å². The zero-order valence-corrected chi connectivity index (χ0v) is 16.8. The maximum Gasteiger partial charge on any atom is 0.255 e. The van der Waals surface area contributed by atoms with Crippen molar-refractivity contribution in [2.75, 3.05) is 11.1 Å². The van der Waals surface area contributed by atoms with Gasteiger partial charge in [-0.3, -0.25) is 9.59 Å². The van der Waals surface area contributed by atoms with Crippen LogP contribution in [0.15, 0.2) is 72.8 Å². The van der Waals surface area contributed by atoms with Crippen LogP contribution in [0.3, 0.4) is 0 Å². The normalized spacial score (nSPS) is 13.5. The van der Waals surface area contributed by atoms with E-state index in [0.717, 1.165) is 12.8 Å². The first-order valence-corrected chi connectivity index (χ1v) is 10.0. The van der Waals surface area contributed by atoms with Crippen LogP contribution in [0.1, 0.15) is 34.3 Å². The summed E-state index contributed by atoms with van der Waals surface area (Å²) in [5.74, 6) is -1.07. The molecule has 1 aliphatic carbocycles. The summed E-state index contributed by atoms with van der Waals surface area (Å²) in [6.07, 6.45) is 3.51. The Balaban J connectivity index is 1.58. The highest BCUT2D eigenvalue weighted by atomic mass is 19.1. The standard InChI is InChI=1S/C25H22FN3O2/c26-21-6-2-1-5-19(21)20(25(31)28-18-13-14-18)15-16-9-11-17(12-10-16)24(30)29-23-8-4-3-7-22(23)27/h1-12,15,18H,13-14,27H2,(H,28,31)(H,29,30)/b20-15+. The van der Waals surface area contributed by atoms with Crippen LogP contribution in [0, 0.1) is 5.82 Å². The summed E-state index contributed by atoms with van der Waals surface area (Å²) in [5, 5.41) is 5.69. The van der Waals surface area contributed by atoms with E-state index >= 15 is 0 Å². The number of nitrogens with one attached hydrogen (secondary N) is 2. The van der Waals surface area contributed by atoms with Crippen molar-refractivity contribution >= 4 is 34.8 Å². The number of carbonyl (C=O) groups excluding carboxylic acids is 2. The molecular formula is C25H22FN3O2. The van der Waals surface area contributed by atoms with Crippen molar-refractivity contribution in [2.45, 2.75) is 18.9 Å². The summed E-state index contributed by atoms with van der Waals surface area (Å²) >= 11 is 0. The van der Waals surface area contributed by atoms with Crippen LogP contribution in [-0.2, 0) is 4.79 Å². The van der Waals surface area contributed by atoms with Gasteiger partial charge < -0.3 is 16.4 Å². The molecule has 31 heavy (non-hydrogen) atoms. The zero-order chi connectivity index (χ0) is 21.8. The van der Waals surface area contributed by atoms with E-state index in [1.165, 1.54) is 6.07 Å². The lowest BCUT2D eigenvalue weighted by Crippen LogP contribution is -2.26. The first kappa shape index (κ1) is 20.3. The Bertz CT molecular complexity index is 1150. The predicted molar refractivity (Wildman–Crippen MR) is 121 cm³/mol. The van der Waals surface area contributed by atoms with E-state index in [4.69, 9.17) is 5.73 Å². The van der Waals surface area contributed by atoms with Gasteiger partial charge in [-0.25, -0.2) is 4.39 Å².